The summed E-state index contributed by atoms with van der Waals surface area (Å²) in [5.41, 5.74) is 0.851. The van der Waals surface area contributed by atoms with Gasteiger partial charge in [-0.1, -0.05) is 19.1 Å². The molecule has 1 heterocycles. The summed E-state index contributed by atoms with van der Waals surface area (Å²) in [6.07, 6.45) is 0.619. The van der Waals surface area contributed by atoms with Gasteiger partial charge >= 0.3 is 0 Å². The molecule has 3 rings (SSSR count). The number of hydrogen-bond acceptors (Lipinski definition) is 7. The second kappa shape index (κ2) is 11.3. The van der Waals surface area contributed by atoms with E-state index in [0.717, 1.165) is 0 Å². The summed E-state index contributed by atoms with van der Waals surface area (Å²) in [6, 6.07) is 10.4. The number of carbonyl (C=O) groups excluding carboxylic acids is 1. The molecule has 0 spiro atoms. The van der Waals surface area contributed by atoms with Crippen molar-refractivity contribution >= 4 is 26.0 Å². The number of morpholine rings is 1. The van der Waals surface area contributed by atoms with Crippen LogP contribution in [0.15, 0.2) is 52.3 Å². The summed E-state index contributed by atoms with van der Waals surface area (Å²) in [4.78, 5) is 12.7. The maximum atomic E-state index is 12.7. The van der Waals surface area contributed by atoms with Gasteiger partial charge in [0.2, 0.25) is 20.0 Å². The van der Waals surface area contributed by atoms with Crippen molar-refractivity contribution in [1.82, 2.24) is 14.3 Å². The highest BCUT2D eigenvalue weighted by molar-refractivity contribution is 7.89. The average molecular weight is 512 g/mol. The third-order valence-corrected chi connectivity index (χ3v) is 8.64. The minimum atomic E-state index is -3.84. The molecule has 0 aromatic heterocycles. The van der Waals surface area contributed by atoms with Crippen LogP contribution in [0.4, 0.5) is 0 Å². The fraction of sp³-hybridized carbons (Fsp3) is 0.409. The number of rotatable bonds is 10. The highest BCUT2D eigenvalue weighted by Crippen LogP contribution is 2.25. The van der Waals surface area contributed by atoms with Gasteiger partial charge in [0.1, 0.15) is 10.6 Å². The van der Waals surface area contributed by atoms with Crippen molar-refractivity contribution in [3.63, 3.8) is 0 Å². The zero-order chi connectivity index (χ0) is 24.8. The SMILES string of the molecule is CCCNS(=O)(=O)c1cc(C(=O)NCc2ccc(S(=O)(=O)N3CCOCC3)cc2)ccc1OC. The van der Waals surface area contributed by atoms with E-state index in [2.05, 4.69) is 10.0 Å². The molecular weight excluding hydrogens is 482 g/mol. The Kier molecular flexibility index (Phi) is 8.66. The molecule has 1 fully saturated rings. The van der Waals surface area contributed by atoms with Gasteiger partial charge in [0.15, 0.2) is 0 Å². The first-order valence-electron chi connectivity index (χ1n) is 10.8. The topological polar surface area (TPSA) is 131 Å². The molecule has 2 aromatic rings. The van der Waals surface area contributed by atoms with E-state index in [1.165, 1.54) is 41.7 Å². The summed E-state index contributed by atoms with van der Waals surface area (Å²) < 4.78 is 64.8. The fourth-order valence-electron chi connectivity index (χ4n) is 3.34. The summed E-state index contributed by atoms with van der Waals surface area (Å²) >= 11 is 0. The Morgan fingerprint density at radius 3 is 2.35 bits per heavy atom. The molecule has 12 heteroatoms. The van der Waals surface area contributed by atoms with Crippen molar-refractivity contribution in [1.29, 1.82) is 0 Å². The number of benzene rings is 2. The van der Waals surface area contributed by atoms with Gasteiger partial charge in [-0.2, -0.15) is 4.31 Å². The smallest absolute Gasteiger partial charge is 0.251 e. The van der Waals surface area contributed by atoms with E-state index in [1.54, 1.807) is 12.1 Å². The molecule has 0 bridgehead atoms. The first-order valence-corrected chi connectivity index (χ1v) is 13.7. The summed E-state index contributed by atoms with van der Waals surface area (Å²) in [7, 11) is -6.08. The third kappa shape index (κ3) is 6.13. The Morgan fingerprint density at radius 2 is 1.74 bits per heavy atom. The molecule has 1 amide bonds. The molecule has 186 valence electrons. The number of nitrogens with zero attached hydrogens (tertiary/aromatic N) is 1. The quantitative estimate of drug-likeness (QED) is 0.492. The van der Waals surface area contributed by atoms with Crippen LogP contribution in [0.3, 0.4) is 0 Å². The number of hydrogen-bond donors (Lipinski definition) is 2. The standard InChI is InChI=1S/C22H29N3O7S2/c1-3-10-24-33(27,28)21-15-18(6-9-20(21)31-2)22(26)23-16-17-4-7-19(8-5-17)34(29,30)25-11-13-32-14-12-25/h4-9,15,24H,3,10-14,16H2,1-2H3,(H,23,26). The van der Waals surface area contributed by atoms with Crippen LogP contribution in [-0.2, 0) is 31.3 Å². The largest absolute Gasteiger partial charge is 0.495 e. The zero-order valence-electron chi connectivity index (χ0n) is 19.1. The summed E-state index contributed by atoms with van der Waals surface area (Å²) in [6.45, 7) is 3.60. The van der Waals surface area contributed by atoms with E-state index in [-0.39, 0.29) is 34.2 Å². The van der Waals surface area contributed by atoms with E-state index in [9.17, 15) is 21.6 Å². The lowest BCUT2D eigenvalue weighted by molar-refractivity contribution is 0.0730. The molecule has 10 nitrogen and oxygen atoms in total. The lowest BCUT2D eigenvalue weighted by Gasteiger charge is -2.26. The number of sulfonamides is 2. The lowest BCUT2D eigenvalue weighted by Crippen LogP contribution is -2.40. The van der Waals surface area contributed by atoms with E-state index >= 15 is 0 Å². The van der Waals surface area contributed by atoms with Crippen LogP contribution in [0.25, 0.3) is 0 Å². The molecule has 34 heavy (non-hydrogen) atoms. The second-order valence-corrected chi connectivity index (χ2v) is 11.3. The average Bonchev–Trinajstić information content (AvgIpc) is 2.86. The van der Waals surface area contributed by atoms with Gasteiger partial charge in [0, 0.05) is 31.7 Å². The highest BCUT2D eigenvalue weighted by Gasteiger charge is 2.26. The van der Waals surface area contributed by atoms with Crippen LogP contribution in [0.5, 0.6) is 5.75 Å². The van der Waals surface area contributed by atoms with Crippen LogP contribution in [0, 0.1) is 0 Å². The molecule has 0 radical (unpaired) electrons. The van der Waals surface area contributed by atoms with Gasteiger partial charge in [-0.05, 0) is 42.3 Å². The van der Waals surface area contributed by atoms with Gasteiger partial charge in [-0.15, -0.1) is 0 Å². The minimum Gasteiger partial charge on any atom is -0.495 e. The monoisotopic (exact) mass is 511 g/mol. The molecule has 1 aliphatic rings. The number of methoxy groups -OCH3 is 1. The van der Waals surface area contributed by atoms with Gasteiger partial charge in [0.05, 0.1) is 25.2 Å². The van der Waals surface area contributed by atoms with E-state index in [4.69, 9.17) is 9.47 Å². The Labute approximate surface area is 200 Å². The molecular formula is C22H29N3O7S2. The second-order valence-electron chi connectivity index (χ2n) is 7.61. The predicted molar refractivity (Wildman–Crippen MR) is 126 cm³/mol. The first-order chi connectivity index (χ1) is 16.2. The lowest BCUT2D eigenvalue weighted by atomic mass is 10.2. The van der Waals surface area contributed by atoms with Gasteiger partial charge in [0.25, 0.3) is 5.91 Å². The summed E-state index contributed by atoms with van der Waals surface area (Å²) in [5.74, 6) is -0.336. The Morgan fingerprint density at radius 1 is 1.06 bits per heavy atom. The molecule has 0 saturated carbocycles. The number of carbonyl (C=O) groups is 1. The maximum Gasteiger partial charge on any atom is 0.251 e. The van der Waals surface area contributed by atoms with Crippen LogP contribution >= 0.6 is 0 Å². The molecule has 2 aromatic carbocycles. The van der Waals surface area contributed by atoms with E-state index in [0.29, 0.717) is 38.3 Å². The minimum absolute atomic E-state index is 0.117. The van der Waals surface area contributed by atoms with E-state index < -0.39 is 26.0 Å². The van der Waals surface area contributed by atoms with Crippen molar-refractivity contribution in [2.24, 2.45) is 0 Å². The fourth-order valence-corrected chi connectivity index (χ4v) is 6.08. The Bertz CT molecular complexity index is 1210. The highest BCUT2D eigenvalue weighted by atomic mass is 32.2. The number of amides is 1. The van der Waals surface area contributed by atoms with Crippen molar-refractivity contribution < 1.29 is 31.1 Å². The third-order valence-electron chi connectivity index (χ3n) is 5.24. The molecule has 0 aliphatic carbocycles. The van der Waals surface area contributed by atoms with Crippen molar-refractivity contribution in [3.8, 4) is 5.75 Å². The summed E-state index contributed by atoms with van der Waals surface area (Å²) in [5, 5.41) is 2.72. The maximum absolute atomic E-state index is 12.7. The molecule has 1 aliphatic heterocycles. The normalized spacial score (nSPS) is 15.1. The van der Waals surface area contributed by atoms with Crippen LogP contribution in [0.2, 0.25) is 0 Å². The van der Waals surface area contributed by atoms with Crippen LogP contribution in [-0.4, -0.2) is 67.0 Å². The zero-order valence-corrected chi connectivity index (χ0v) is 20.7. The molecule has 1 saturated heterocycles. The Balaban J connectivity index is 1.69. The molecule has 2 N–H and O–H groups in total. The van der Waals surface area contributed by atoms with Crippen molar-refractivity contribution in [3.05, 3.63) is 53.6 Å². The van der Waals surface area contributed by atoms with Crippen molar-refractivity contribution in [2.45, 2.75) is 29.7 Å². The molecule has 0 unspecified atom stereocenters. The Hall–Kier alpha value is -2.51. The van der Waals surface area contributed by atoms with Gasteiger partial charge < -0.3 is 14.8 Å². The molecule has 0 atom stereocenters. The first kappa shape index (κ1) is 26.1. The van der Waals surface area contributed by atoms with Crippen molar-refractivity contribution in [2.75, 3.05) is 40.0 Å². The van der Waals surface area contributed by atoms with E-state index in [1.807, 2.05) is 6.92 Å². The van der Waals surface area contributed by atoms with Crippen LogP contribution < -0.4 is 14.8 Å². The van der Waals surface area contributed by atoms with Crippen LogP contribution in [0.1, 0.15) is 29.3 Å². The number of nitrogens with one attached hydrogen (secondary N) is 2. The number of ether oxygens (including phenoxy) is 2. The van der Waals surface area contributed by atoms with Gasteiger partial charge in [-0.3, -0.25) is 4.79 Å². The predicted octanol–water partition coefficient (Wildman–Crippen LogP) is 1.33. The van der Waals surface area contributed by atoms with Gasteiger partial charge in [-0.25, -0.2) is 21.6 Å².